The Morgan fingerprint density at radius 1 is 1.05 bits per heavy atom. The molecule has 3 aromatic carbocycles. The summed E-state index contributed by atoms with van der Waals surface area (Å²) < 4.78 is 16.6. The molecule has 1 aromatic heterocycles. The third kappa shape index (κ3) is 4.63. The second-order valence-corrected chi connectivity index (χ2v) is 9.30. The zero-order valence-corrected chi connectivity index (χ0v) is 22.1. The molecule has 0 radical (unpaired) electrons. The Hall–Kier alpha value is -4.17. The van der Waals surface area contributed by atoms with E-state index in [0.717, 1.165) is 11.1 Å². The highest BCUT2D eigenvalue weighted by atomic mass is 35.5. The van der Waals surface area contributed by atoms with Crippen LogP contribution in [0.25, 0.3) is 11.3 Å². The lowest BCUT2D eigenvalue weighted by molar-refractivity contribution is 0.0745. The van der Waals surface area contributed by atoms with Gasteiger partial charge in [0.2, 0.25) is 0 Å². The van der Waals surface area contributed by atoms with Gasteiger partial charge in [0.05, 0.1) is 26.9 Å². The van der Waals surface area contributed by atoms with Gasteiger partial charge in [0.25, 0.3) is 5.91 Å². The fourth-order valence-corrected chi connectivity index (χ4v) is 5.08. The fraction of sp³-hybridized carbons (Fsp3) is 0.241. The summed E-state index contributed by atoms with van der Waals surface area (Å²) in [5, 5.41) is 18.4. The van der Waals surface area contributed by atoms with Crippen LogP contribution in [0.4, 0.5) is 0 Å². The van der Waals surface area contributed by atoms with Crippen molar-refractivity contribution in [3.05, 3.63) is 88.1 Å². The molecule has 0 spiro atoms. The van der Waals surface area contributed by atoms with Crippen LogP contribution in [0.5, 0.6) is 23.0 Å². The van der Waals surface area contributed by atoms with Crippen LogP contribution >= 0.6 is 11.6 Å². The molecule has 0 bridgehead atoms. The summed E-state index contributed by atoms with van der Waals surface area (Å²) in [5.41, 5.74) is 3.88. The summed E-state index contributed by atoms with van der Waals surface area (Å²) >= 11 is 6.25. The van der Waals surface area contributed by atoms with E-state index in [0.29, 0.717) is 64.4 Å². The summed E-state index contributed by atoms with van der Waals surface area (Å²) in [4.78, 5) is 15.5. The maximum absolute atomic E-state index is 13.7. The molecule has 5 rings (SSSR count). The van der Waals surface area contributed by atoms with Crippen molar-refractivity contribution in [2.75, 3.05) is 27.4 Å². The van der Waals surface area contributed by atoms with Crippen molar-refractivity contribution in [2.45, 2.75) is 19.4 Å². The SMILES string of the molecule is CCOc1cccc(C2c3c(-c4cc(Cl)ccc4O)n[nH]c3C(=O)N2CCc2ccc(OC)c(OC)c2)c1. The van der Waals surface area contributed by atoms with Gasteiger partial charge in [0.1, 0.15) is 22.9 Å². The summed E-state index contributed by atoms with van der Waals surface area (Å²) in [6.07, 6.45) is 0.587. The number of amides is 1. The molecule has 1 amide bonds. The number of aromatic nitrogens is 2. The highest BCUT2D eigenvalue weighted by molar-refractivity contribution is 6.31. The van der Waals surface area contributed by atoms with Crippen molar-refractivity contribution in [1.82, 2.24) is 15.1 Å². The van der Waals surface area contributed by atoms with Gasteiger partial charge >= 0.3 is 0 Å². The van der Waals surface area contributed by atoms with E-state index < -0.39 is 6.04 Å². The first-order valence-corrected chi connectivity index (χ1v) is 12.6. The summed E-state index contributed by atoms with van der Waals surface area (Å²) in [6.45, 7) is 2.88. The predicted octanol–water partition coefficient (Wildman–Crippen LogP) is 5.64. The van der Waals surface area contributed by atoms with Crippen molar-refractivity contribution in [2.24, 2.45) is 0 Å². The normalized spacial score (nSPS) is 14.5. The molecule has 38 heavy (non-hydrogen) atoms. The second kappa shape index (κ2) is 10.7. The monoisotopic (exact) mass is 533 g/mol. The number of methoxy groups -OCH3 is 2. The van der Waals surface area contributed by atoms with Gasteiger partial charge in [-0.1, -0.05) is 29.8 Å². The number of ether oxygens (including phenoxy) is 3. The average molecular weight is 534 g/mol. The molecule has 1 unspecified atom stereocenters. The molecule has 4 aromatic rings. The first kappa shape index (κ1) is 25.5. The molecule has 2 N–H and O–H groups in total. The van der Waals surface area contributed by atoms with Crippen LogP contribution in [0.1, 0.15) is 40.1 Å². The molecule has 0 saturated carbocycles. The number of carbonyl (C=O) groups is 1. The lowest BCUT2D eigenvalue weighted by Gasteiger charge is -2.27. The van der Waals surface area contributed by atoms with E-state index in [1.165, 1.54) is 6.07 Å². The molecular formula is C29H28ClN3O5. The molecule has 0 fully saturated rings. The number of fused-ring (bicyclic) bond motifs is 1. The molecule has 8 nitrogen and oxygen atoms in total. The number of carbonyl (C=O) groups excluding carboxylic acids is 1. The first-order chi connectivity index (χ1) is 18.4. The van der Waals surface area contributed by atoms with Gasteiger partial charge in [-0.05, 0) is 66.9 Å². The van der Waals surface area contributed by atoms with Gasteiger partial charge in [-0.25, -0.2) is 0 Å². The van der Waals surface area contributed by atoms with Crippen LogP contribution < -0.4 is 14.2 Å². The van der Waals surface area contributed by atoms with E-state index in [9.17, 15) is 9.90 Å². The van der Waals surface area contributed by atoms with Crippen molar-refractivity contribution >= 4 is 17.5 Å². The minimum atomic E-state index is -0.454. The van der Waals surface area contributed by atoms with E-state index in [1.807, 2.05) is 54.3 Å². The van der Waals surface area contributed by atoms with Crippen molar-refractivity contribution in [3.8, 4) is 34.3 Å². The van der Waals surface area contributed by atoms with Crippen LogP contribution in [-0.2, 0) is 6.42 Å². The standard InChI is InChI=1S/C29H28ClN3O5/c1-4-38-20-7-5-6-18(15-20)28-25-26(21-16-19(30)9-10-22(21)34)31-32-27(25)29(35)33(28)13-12-17-8-11-23(36-2)24(14-17)37-3/h5-11,14-16,28,34H,4,12-13H2,1-3H3,(H,31,32). The van der Waals surface area contributed by atoms with Gasteiger partial charge in [0.15, 0.2) is 11.5 Å². The van der Waals surface area contributed by atoms with E-state index in [1.54, 1.807) is 26.4 Å². The van der Waals surface area contributed by atoms with Crippen LogP contribution in [0.3, 0.4) is 0 Å². The second-order valence-electron chi connectivity index (χ2n) is 8.87. The smallest absolute Gasteiger partial charge is 0.273 e. The average Bonchev–Trinajstić information content (AvgIpc) is 3.47. The Morgan fingerprint density at radius 3 is 2.63 bits per heavy atom. The molecule has 0 saturated heterocycles. The lowest BCUT2D eigenvalue weighted by atomic mass is 9.95. The van der Waals surface area contributed by atoms with E-state index in [2.05, 4.69) is 10.2 Å². The maximum Gasteiger partial charge on any atom is 0.273 e. The third-order valence-corrected chi connectivity index (χ3v) is 6.89. The molecule has 0 aliphatic carbocycles. The number of nitrogens with one attached hydrogen (secondary N) is 1. The predicted molar refractivity (Wildman–Crippen MR) is 144 cm³/mol. The fourth-order valence-electron chi connectivity index (χ4n) is 4.90. The number of phenolic OH excluding ortho intramolecular Hbond substituents is 1. The van der Waals surface area contributed by atoms with Gasteiger partial charge in [-0.3, -0.25) is 9.89 Å². The topological polar surface area (TPSA) is 96.9 Å². The molecule has 1 atom stereocenters. The Morgan fingerprint density at radius 2 is 1.87 bits per heavy atom. The Labute approximate surface area is 225 Å². The number of hydrogen-bond donors (Lipinski definition) is 2. The zero-order valence-electron chi connectivity index (χ0n) is 21.3. The molecular weight excluding hydrogens is 506 g/mol. The molecule has 1 aliphatic rings. The number of aromatic hydroxyl groups is 1. The number of nitrogens with zero attached hydrogens (tertiary/aromatic N) is 2. The van der Waals surface area contributed by atoms with Gasteiger partial charge in [-0.2, -0.15) is 5.10 Å². The number of rotatable bonds is 9. The zero-order chi connectivity index (χ0) is 26.8. The largest absolute Gasteiger partial charge is 0.507 e. The van der Waals surface area contributed by atoms with Crippen LogP contribution in [0.2, 0.25) is 5.02 Å². The third-order valence-electron chi connectivity index (χ3n) is 6.65. The summed E-state index contributed by atoms with van der Waals surface area (Å²) in [5.74, 6) is 1.84. The number of halogens is 1. The quantitative estimate of drug-likeness (QED) is 0.289. The van der Waals surface area contributed by atoms with Gasteiger partial charge in [0, 0.05) is 22.7 Å². The number of H-pyrrole nitrogens is 1. The van der Waals surface area contributed by atoms with Crippen LogP contribution in [0, 0.1) is 0 Å². The Balaban J connectivity index is 1.57. The minimum Gasteiger partial charge on any atom is -0.507 e. The Bertz CT molecular complexity index is 1490. The highest BCUT2D eigenvalue weighted by Gasteiger charge is 2.42. The first-order valence-electron chi connectivity index (χ1n) is 12.3. The molecule has 196 valence electrons. The lowest BCUT2D eigenvalue weighted by Crippen LogP contribution is -2.31. The Kier molecular flexibility index (Phi) is 7.15. The van der Waals surface area contributed by atoms with E-state index in [-0.39, 0.29) is 11.7 Å². The van der Waals surface area contributed by atoms with Crippen molar-refractivity contribution in [1.29, 1.82) is 0 Å². The number of hydrogen-bond acceptors (Lipinski definition) is 6. The molecule has 9 heteroatoms. The van der Waals surface area contributed by atoms with E-state index in [4.69, 9.17) is 25.8 Å². The van der Waals surface area contributed by atoms with E-state index >= 15 is 0 Å². The van der Waals surface area contributed by atoms with Gasteiger partial charge < -0.3 is 24.2 Å². The summed E-state index contributed by atoms with van der Waals surface area (Å²) in [6, 6.07) is 17.8. The van der Waals surface area contributed by atoms with Crippen LogP contribution in [0.15, 0.2) is 60.7 Å². The van der Waals surface area contributed by atoms with Crippen molar-refractivity contribution < 1.29 is 24.1 Å². The number of benzene rings is 3. The maximum atomic E-state index is 13.7. The molecule has 2 heterocycles. The molecule has 1 aliphatic heterocycles. The van der Waals surface area contributed by atoms with Crippen LogP contribution in [-0.4, -0.2) is 53.5 Å². The van der Waals surface area contributed by atoms with Gasteiger partial charge in [-0.15, -0.1) is 0 Å². The highest BCUT2D eigenvalue weighted by Crippen LogP contribution is 2.45. The summed E-state index contributed by atoms with van der Waals surface area (Å²) in [7, 11) is 3.19. The van der Waals surface area contributed by atoms with Crippen molar-refractivity contribution in [3.63, 3.8) is 0 Å². The number of aromatic amines is 1. The minimum absolute atomic E-state index is 0.0294. The number of phenols is 1.